The van der Waals surface area contributed by atoms with Crippen LogP contribution in [-0.2, 0) is 19.6 Å². The van der Waals surface area contributed by atoms with E-state index in [0.717, 1.165) is 0 Å². The van der Waals surface area contributed by atoms with Crippen molar-refractivity contribution >= 4 is 16.1 Å². The first-order chi connectivity index (χ1) is 6.33. The van der Waals surface area contributed by atoms with E-state index in [1.807, 2.05) is 0 Å². The van der Waals surface area contributed by atoms with Gasteiger partial charge in [0.15, 0.2) is 0 Å². The van der Waals surface area contributed by atoms with E-state index < -0.39 is 16.1 Å². The van der Waals surface area contributed by atoms with E-state index in [0.29, 0.717) is 12.0 Å². The second kappa shape index (κ2) is 5.77. The van der Waals surface area contributed by atoms with Gasteiger partial charge in [-0.2, -0.15) is 8.42 Å². The average molecular weight is 222 g/mol. The van der Waals surface area contributed by atoms with Crippen molar-refractivity contribution in [3.8, 4) is 0 Å². The Bertz CT molecular complexity index is 304. The molecule has 1 N–H and O–H groups in total. The molecule has 0 unspecified atom stereocenters. The van der Waals surface area contributed by atoms with Gasteiger partial charge in [0.05, 0.1) is 12.4 Å². The molecule has 0 aromatic carbocycles. The number of ether oxygens (including phenoxy) is 1. The summed E-state index contributed by atoms with van der Waals surface area (Å²) >= 11 is 0. The van der Waals surface area contributed by atoms with Crippen molar-refractivity contribution in [2.75, 3.05) is 12.4 Å². The van der Waals surface area contributed by atoms with Crippen LogP contribution < -0.4 is 0 Å². The van der Waals surface area contributed by atoms with Crippen LogP contribution in [0.3, 0.4) is 0 Å². The maximum atomic E-state index is 10.8. The van der Waals surface area contributed by atoms with Crippen molar-refractivity contribution in [2.45, 2.75) is 19.8 Å². The molecule has 0 bridgehead atoms. The lowest BCUT2D eigenvalue weighted by molar-refractivity contribution is -0.139. The molecule has 82 valence electrons. The van der Waals surface area contributed by atoms with Crippen molar-refractivity contribution < 1.29 is 22.5 Å². The van der Waals surface area contributed by atoms with Gasteiger partial charge in [-0.05, 0) is 19.8 Å². The molecule has 0 aromatic heterocycles. The van der Waals surface area contributed by atoms with Crippen LogP contribution in [-0.4, -0.2) is 31.3 Å². The van der Waals surface area contributed by atoms with Gasteiger partial charge in [-0.15, -0.1) is 0 Å². The molecule has 6 heteroatoms. The van der Waals surface area contributed by atoms with Gasteiger partial charge in [0, 0.05) is 5.57 Å². The van der Waals surface area contributed by atoms with Crippen LogP contribution in [0.25, 0.3) is 0 Å². The summed E-state index contributed by atoms with van der Waals surface area (Å²) in [6.45, 7) is 5.05. The number of unbranched alkanes of at least 4 members (excludes halogenated alkanes) is 1. The summed E-state index contributed by atoms with van der Waals surface area (Å²) in [5.74, 6) is -0.797. The van der Waals surface area contributed by atoms with Crippen LogP contribution in [0, 0.1) is 0 Å². The molecule has 0 aromatic rings. The highest BCUT2D eigenvalue weighted by Gasteiger charge is 2.05. The highest BCUT2D eigenvalue weighted by atomic mass is 32.2. The summed E-state index contributed by atoms with van der Waals surface area (Å²) in [5.41, 5.74) is 0.305. The summed E-state index contributed by atoms with van der Waals surface area (Å²) in [4.78, 5) is 10.8. The van der Waals surface area contributed by atoms with Gasteiger partial charge in [-0.1, -0.05) is 6.58 Å². The molecule has 0 aliphatic rings. The lowest BCUT2D eigenvalue weighted by atomic mass is 10.3. The van der Waals surface area contributed by atoms with Gasteiger partial charge in [0.25, 0.3) is 10.1 Å². The predicted octanol–water partition coefficient (Wildman–Crippen LogP) is 0.774. The molecule has 0 aliphatic heterocycles. The van der Waals surface area contributed by atoms with Crippen LogP contribution in [0.4, 0.5) is 0 Å². The molecular weight excluding hydrogens is 208 g/mol. The fourth-order valence-electron chi connectivity index (χ4n) is 0.675. The second-order valence-corrected chi connectivity index (χ2v) is 4.48. The summed E-state index contributed by atoms with van der Waals surface area (Å²) in [6.07, 6.45) is 0.668. The molecule has 14 heavy (non-hydrogen) atoms. The molecule has 0 amide bonds. The van der Waals surface area contributed by atoms with Gasteiger partial charge in [0.1, 0.15) is 0 Å². The average Bonchev–Trinajstić information content (AvgIpc) is 2.01. The van der Waals surface area contributed by atoms with Gasteiger partial charge in [-0.3, -0.25) is 4.55 Å². The molecule has 0 heterocycles. The topological polar surface area (TPSA) is 80.7 Å². The van der Waals surface area contributed by atoms with Gasteiger partial charge in [0.2, 0.25) is 0 Å². The minimum atomic E-state index is -3.90. The van der Waals surface area contributed by atoms with Crippen LogP contribution in [0.15, 0.2) is 12.2 Å². The van der Waals surface area contributed by atoms with Crippen molar-refractivity contribution in [3.05, 3.63) is 12.2 Å². The minimum Gasteiger partial charge on any atom is -0.462 e. The highest BCUT2D eigenvalue weighted by molar-refractivity contribution is 7.85. The fourth-order valence-corrected chi connectivity index (χ4v) is 1.24. The van der Waals surface area contributed by atoms with Crippen LogP contribution >= 0.6 is 0 Å². The summed E-state index contributed by atoms with van der Waals surface area (Å²) in [7, 11) is -3.90. The first kappa shape index (κ1) is 13.1. The van der Waals surface area contributed by atoms with Crippen molar-refractivity contribution in [3.63, 3.8) is 0 Å². The Labute approximate surface area is 83.5 Å². The van der Waals surface area contributed by atoms with Crippen molar-refractivity contribution in [2.24, 2.45) is 0 Å². The smallest absolute Gasteiger partial charge is 0.333 e. The van der Waals surface area contributed by atoms with E-state index in [2.05, 4.69) is 6.58 Å². The van der Waals surface area contributed by atoms with Gasteiger partial charge >= 0.3 is 5.97 Å². The number of hydrogen-bond donors (Lipinski definition) is 1. The zero-order chi connectivity index (χ0) is 11.2. The minimum absolute atomic E-state index is 0.140. The molecule has 0 spiro atoms. The van der Waals surface area contributed by atoms with E-state index in [1.54, 1.807) is 0 Å². The summed E-state index contributed by atoms with van der Waals surface area (Å²) in [5, 5.41) is 0. The first-order valence-corrected chi connectivity index (χ1v) is 5.71. The molecule has 0 fully saturated rings. The Morgan fingerprint density at radius 3 is 2.43 bits per heavy atom. The van der Waals surface area contributed by atoms with Crippen LogP contribution in [0.5, 0.6) is 0 Å². The quantitative estimate of drug-likeness (QED) is 0.311. The lowest BCUT2D eigenvalue weighted by Crippen LogP contribution is -2.08. The maximum Gasteiger partial charge on any atom is 0.333 e. The van der Waals surface area contributed by atoms with Crippen LogP contribution in [0.1, 0.15) is 19.8 Å². The Morgan fingerprint density at radius 1 is 1.43 bits per heavy atom. The molecule has 0 aliphatic carbocycles. The molecule has 0 rings (SSSR count). The fraction of sp³-hybridized carbons (Fsp3) is 0.625. The summed E-state index contributed by atoms with van der Waals surface area (Å²) in [6, 6.07) is 0. The Morgan fingerprint density at radius 2 is 2.00 bits per heavy atom. The zero-order valence-electron chi connectivity index (χ0n) is 8.02. The highest BCUT2D eigenvalue weighted by Crippen LogP contribution is 1.97. The maximum absolute atomic E-state index is 10.8. The first-order valence-electron chi connectivity index (χ1n) is 4.11. The number of esters is 1. The summed E-state index contributed by atoms with van der Waals surface area (Å²) < 4.78 is 33.6. The molecular formula is C8H14O5S. The number of hydrogen-bond acceptors (Lipinski definition) is 4. The number of carbonyl (C=O) groups excluding carboxylic acids is 1. The van der Waals surface area contributed by atoms with E-state index >= 15 is 0 Å². The second-order valence-electron chi connectivity index (χ2n) is 2.91. The van der Waals surface area contributed by atoms with E-state index in [4.69, 9.17) is 9.29 Å². The molecule has 5 nitrogen and oxygen atoms in total. The van der Waals surface area contributed by atoms with Crippen molar-refractivity contribution in [1.82, 2.24) is 0 Å². The van der Waals surface area contributed by atoms with Crippen molar-refractivity contribution in [1.29, 1.82) is 0 Å². The van der Waals surface area contributed by atoms with E-state index in [1.165, 1.54) is 6.92 Å². The number of carbonyl (C=O) groups is 1. The van der Waals surface area contributed by atoms with Gasteiger partial charge < -0.3 is 4.74 Å². The third-order valence-corrected chi connectivity index (χ3v) is 2.18. The number of rotatable bonds is 6. The zero-order valence-corrected chi connectivity index (χ0v) is 8.84. The van der Waals surface area contributed by atoms with E-state index in [9.17, 15) is 13.2 Å². The SMILES string of the molecule is C=C(C)C(=O)OCCCCS(=O)(=O)O. The van der Waals surface area contributed by atoms with Crippen LogP contribution in [0.2, 0.25) is 0 Å². The molecule has 0 saturated carbocycles. The van der Waals surface area contributed by atoms with Gasteiger partial charge in [-0.25, -0.2) is 4.79 Å². The van der Waals surface area contributed by atoms with E-state index in [-0.39, 0.29) is 18.8 Å². The molecule has 0 radical (unpaired) electrons. The Kier molecular flexibility index (Phi) is 5.40. The third kappa shape index (κ3) is 7.75. The Hall–Kier alpha value is -0.880. The standard InChI is InChI=1S/C8H14O5S/c1-7(2)8(9)13-5-3-4-6-14(10,11)12/h1,3-6H2,2H3,(H,10,11,12). The molecule has 0 atom stereocenters. The third-order valence-electron chi connectivity index (χ3n) is 1.38. The normalized spacial score (nSPS) is 11.0. The Balaban J connectivity index is 3.49. The lowest BCUT2D eigenvalue weighted by Gasteiger charge is -2.02. The molecule has 0 saturated heterocycles. The predicted molar refractivity (Wildman–Crippen MR) is 51.4 cm³/mol. The largest absolute Gasteiger partial charge is 0.462 e. The monoisotopic (exact) mass is 222 g/mol.